The standard InChI is InChI=1S/C13H13N3O/c1-16-7-10(12(6-14)15-16)11-8-17-13-5-3-2-4-9(11)13/h2-5,7-8H,6,14H2,1H3. The maximum atomic E-state index is 5.71. The average Bonchev–Trinajstić information content (AvgIpc) is 2.91. The molecule has 0 aliphatic rings. The summed E-state index contributed by atoms with van der Waals surface area (Å²) in [5, 5.41) is 5.43. The van der Waals surface area contributed by atoms with Crippen LogP contribution in [0.1, 0.15) is 5.69 Å². The maximum absolute atomic E-state index is 5.71. The molecule has 0 aliphatic carbocycles. The van der Waals surface area contributed by atoms with Crippen molar-refractivity contribution in [2.24, 2.45) is 12.8 Å². The number of hydrogen-bond donors (Lipinski definition) is 1. The van der Waals surface area contributed by atoms with Gasteiger partial charge < -0.3 is 10.2 Å². The largest absolute Gasteiger partial charge is 0.464 e. The fourth-order valence-electron chi connectivity index (χ4n) is 2.10. The molecule has 0 radical (unpaired) electrons. The summed E-state index contributed by atoms with van der Waals surface area (Å²) in [6.07, 6.45) is 3.74. The molecule has 0 unspecified atom stereocenters. The lowest BCUT2D eigenvalue weighted by atomic mass is 10.1. The Kier molecular flexibility index (Phi) is 2.23. The van der Waals surface area contributed by atoms with Crippen LogP contribution < -0.4 is 5.73 Å². The zero-order valence-electron chi connectivity index (χ0n) is 9.55. The second-order valence-corrected chi connectivity index (χ2v) is 4.01. The molecular formula is C13H13N3O. The molecule has 0 spiro atoms. The molecule has 17 heavy (non-hydrogen) atoms. The first-order valence-corrected chi connectivity index (χ1v) is 5.49. The lowest BCUT2D eigenvalue weighted by molar-refractivity contribution is 0.617. The molecule has 0 amide bonds. The minimum atomic E-state index is 0.426. The smallest absolute Gasteiger partial charge is 0.134 e. The third-order valence-corrected chi connectivity index (χ3v) is 2.87. The Morgan fingerprint density at radius 1 is 1.29 bits per heavy atom. The van der Waals surface area contributed by atoms with Crippen LogP contribution in [-0.4, -0.2) is 9.78 Å². The van der Waals surface area contributed by atoms with E-state index in [0.29, 0.717) is 6.54 Å². The summed E-state index contributed by atoms with van der Waals surface area (Å²) in [4.78, 5) is 0. The van der Waals surface area contributed by atoms with Crippen LogP contribution in [0, 0.1) is 0 Å². The van der Waals surface area contributed by atoms with Crippen molar-refractivity contribution in [2.75, 3.05) is 0 Å². The number of nitrogens with two attached hydrogens (primary N) is 1. The van der Waals surface area contributed by atoms with Gasteiger partial charge in [0.1, 0.15) is 5.58 Å². The van der Waals surface area contributed by atoms with Crippen molar-refractivity contribution in [3.63, 3.8) is 0 Å². The molecule has 0 saturated heterocycles. The molecule has 3 rings (SSSR count). The van der Waals surface area contributed by atoms with Crippen molar-refractivity contribution in [2.45, 2.75) is 6.54 Å². The minimum absolute atomic E-state index is 0.426. The average molecular weight is 227 g/mol. The number of rotatable bonds is 2. The zero-order chi connectivity index (χ0) is 11.8. The lowest BCUT2D eigenvalue weighted by Crippen LogP contribution is -1.99. The van der Waals surface area contributed by atoms with Gasteiger partial charge in [0.05, 0.1) is 12.0 Å². The lowest BCUT2D eigenvalue weighted by Gasteiger charge is -1.96. The van der Waals surface area contributed by atoms with Gasteiger partial charge in [-0.25, -0.2) is 0 Å². The van der Waals surface area contributed by atoms with Gasteiger partial charge in [-0.05, 0) is 6.07 Å². The van der Waals surface area contributed by atoms with E-state index < -0.39 is 0 Å². The molecule has 86 valence electrons. The summed E-state index contributed by atoms with van der Waals surface area (Å²) < 4.78 is 7.31. The number of nitrogens with zero attached hydrogens (tertiary/aromatic N) is 2. The molecule has 4 nitrogen and oxygen atoms in total. The summed E-state index contributed by atoms with van der Waals surface area (Å²) >= 11 is 0. The topological polar surface area (TPSA) is 57.0 Å². The molecule has 1 aromatic carbocycles. The van der Waals surface area contributed by atoms with Gasteiger partial charge >= 0.3 is 0 Å². The third-order valence-electron chi connectivity index (χ3n) is 2.87. The summed E-state index contributed by atoms with van der Waals surface area (Å²) in [6.45, 7) is 0.426. The Morgan fingerprint density at radius 2 is 2.12 bits per heavy atom. The summed E-state index contributed by atoms with van der Waals surface area (Å²) in [6, 6.07) is 7.96. The monoisotopic (exact) mass is 227 g/mol. The summed E-state index contributed by atoms with van der Waals surface area (Å²) in [7, 11) is 1.89. The fraction of sp³-hybridized carbons (Fsp3) is 0.154. The van der Waals surface area contributed by atoms with Crippen LogP contribution in [0.15, 0.2) is 41.1 Å². The highest BCUT2D eigenvalue weighted by atomic mass is 16.3. The van der Waals surface area contributed by atoms with Crippen molar-refractivity contribution in [1.29, 1.82) is 0 Å². The van der Waals surface area contributed by atoms with E-state index in [2.05, 4.69) is 5.10 Å². The first-order valence-electron chi connectivity index (χ1n) is 5.49. The van der Waals surface area contributed by atoms with E-state index in [1.54, 1.807) is 10.9 Å². The molecule has 0 aliphatic heterocycles. The van der Waals surface area contributed by atoms with Gasteiger partial charge in [0.2, 0.25) is 0 Å². The second kappa shape index (κ2) is 3.75. The molecule has 0 atom stereocenters. The molecule has 0 bridgehead atoms. The number of aryl methyl sites for hydroxylation is 1. The quantitative estimate of drug-likeness (QED) is 0.730. The summed E-state index contributed by atoms with van der Waals surface area (Å²) in [5.74, 6) is 0. The van der Waals surface area contributed by atoms with Gasteiger partial charge in [0, 0.05) is 36.3 Å². The first-order chi connectivity index (χ1) is 8.29. The summed E-state index contributed by atoms with van der Waals surface area (Å²) in [5.41, 5.74) is 9.57. The van der Waals surface area contributed by atoms with Crippen molar-refractivity contribution >= 4 is 11.0 Å². The fourth-order valence-corrected chi connectivity index (χ4v) is 2.10. The van der Waals surface area contributed by atoms with Crippen molar-refractivity contribution < 1.29 is 4.42 Å². The van der Waals surface area contributed by atoms with Crippen molar-refractivity contribution in [3.8, 4) is 11.1 Å². The highest BCUT2D eigenvalue weighted by molar-refractivity contribution is 5.94. The van der Waals surface area contributed by atoms with E-state index in [4.69, 9.17) is 10.2 Å². The van der Waals surface area contributed by atoms with Crippen LogP contribution in [0.3, 0.4) is 0 Å². The molecule has 4 heteroatoms. The Hall–Kier alpha value is -2.07. The van der Waals surface area contributed by atoms with Crippen LogP contribution in [0.5, 0.6) is 0 Å². The SMILES string of the molecule is Cn1cc(-c2coc3ccccc23)c(CN)n1. The van der Waals surface area contributed by atoms with Gasteiger partial charge in [-0.3, -0.25) is 4.68 Å². The number of furan rings is 1. The Balaban J connectivity index is 2.26. The molecule has 2 N–H and O–H groups in total. The zero-order valence-corrected chi connectivity index (χ0v) is 9.55. The van der Waals surface area contributed by atoms with Gasteiger partial charge in [-0.1, -0.05) is 18.2 Å². The third kappa shape index (κ3) is 1.54. The Morgan fingerprint density at radius 3 is 2.94 bits per heavy atom. The molecule has 0 fully saturated rings. The predicted octanol–water partition coefficient (Wildman–Crippen LogP) is 2.29. The highest BCUT2D eigenvalue weighted by Crippen LogP contribution is 2.31. The predicted molar refractivity (Wildman–Crippen MR) is 66.3 cm³/mol. The second-order valence-electron chi connectivity index (χ2n) is 4.01. The molecule has 0 saturated carbocycles. The van der Waals surface area contributed by atoms with Crippen LogP contribution >= 0.6 is 0 Å². The van der Waals surface area contributed by atoms with E-state index in [1.807, 2.05) is 37.5 Å². The van der Waals surface area contributed by atoms with E-state index in [1.165, 1.54) is 0 Å². The van der Waals surface area contributed by atoms with Crippen LogP contribution in [0.2, 0.25) is 0 Å². The van der Waals surface area contributed by atoms with Crippen LogP contribution in [0.4, 0.5) is 0 Å². The van der Waals surface area contributed by atoms with E-state index in [-0.39, 0.29) is 0 Å². The molecule has 2 aromatic heterocycles. The highest BCUT2D eigenvalue weighted by Gasteiger charge is 2.13. The van der Waals surface area contributed by atoms with Crippen molar-refractivity contribution in [1.82, 2.24) is 9.78 Å². The minimum Gasteiger partial charge on any atom is -0.464 e. The van der Waals surface area contributed by atoms with Crippen LogP contribution in [0.25, 0.3) is 22.1 Å². The van der Waals surface area contributed by atoms with Crippen LogP contribution in [-0.2, 0) is 13.6 Å². The Labute approximate surface area is 98.6 Å². The van der Waals surface area contributed by atoms with E-state index in [0.717, 1.165) is 27.8 Å². The number of para-hydroxylation sites is 1. The molecule has 3 aromatic rings. The number of fused-ring (bicyclic) bond motifs is 1. The normalized spacial score (nSPS) is 11.2. The number of hydrogen-bond acceptors (Lipinski definition) is 3. The molecular weight excluding hydrogens is 214 g/mol. The van der Waals surface area contributed by atoms with E-state index >= 15 is 0 Å². The Bertz CT molecular complexity index is 666. The van der Waals surface area contributed by atoms with Gasteiger partial charge in [0.15, 0.2) is 0 Å². The molecule has 2 heterocycles. The van der Waals surface area contributed by atoms with Gasteiger partial charge in [-0.2, -0.15) is 5.10 Å². The van der Waals surface area contributed by atoms with Gasteiger partial charge in [0.25, 0.3) is 0 Å². The number of aromatic nitrogens is 2. The van der Waals surface area contributed by atoms with Crippen molar-refractivity contribution in [3.05, 3.63) is 42.4 Å². The number of benzene rings is 1. The van der Waals surface area contributed by atoms with E-state index in [9.17, 15) is 0 Å². The van der Waals surface area contributed by atoms with Gasteiger partial charge in [-0.15, -0.1) is 0 Å². The first kappa shape index (κ1) is 10.1. The maximum Gasteiger partial charge on any atom is 0.134 e.